The van der Waals surface area contributed by atoms with E-state index in [9.17, 15) is 0 Å². The van der Waals surface area contributed by atoms with Crippen LogP contribution >= 0.6 is 0 Å². The molecule has 0 spiro atoms. The summed E-state index contributed by atoms with van der Waals surface area (Å²) in [5.41, 5.74) is 17.2. The van der Waals surface area contributed by atoms with E-state index >= 15 is 0 Å². The maximum absolute atomic E-state index is 6.43. The number of hydrogen-bond acceptors (Lipinski definition) is 3. The van der Waals surface area contributed by atoms with E-state index in [1.54, 1.807) is 0 Å². The fourth-order valence-electron chi connectivity index (χ4n) is 9.59. The van der Waals surface area contributed by atoms with E-state index in [-0.39, 0.29) is 0 Å². The van der Waals surface area contributed by atoms with E-state index in [4.69, 9.17) is 14.4 Å². The Morgan fingerprint density at radius 3 is 1.22 bits per heavy atom. The standard InChI is InChI=1S/C58H36N4O/c1-5-15-37(16-6-1)55-56(38-17-7-2-8-18-38)60-58-57(59-55)49-36-42(28-32-54(49)63-58)41-27-31-53-48(35-41)47-34-40(26-30-52(47)62(53)44-21-11-4-12-22-44)39-25-29-51-46(33-39)45-23-13-14-24-50(45)61(51)43-19-9-3-10-20-43/h1-36H. The van der Waals surface area contributed by atoms with Crippen LogP contribution in [0.2, 0.25) is 0 Å². The van der Waals surface area contributed by atoms with Crippen LogP contribution in [0.25, 0.3) is 122 Å². The molecule has 0 aliphatic heterocycles. The van der Waals surface area contributed by atoms with Crippen molar-refractivity contribution in [2.45, 2.75) is 0 Å². The molecule has 0 fully saturated rings. The smallest absolute Gasteiger partial charge is 0.246 e. The van der Waals surface area contributed by atoms with Crippen molar-refractivity contribution in [3.8, 4) is 56.1 Å². The molecular formula is C58H36N4O. The minimum atomic E-state index is 0.525. The first-order chi connectivity index (χ1) is 31.2. The average Bonchev–Trinajstić information content (AvgIpc) is 4.01. The van der Waals surface area contributed by atoms with Crippen LogP contribution in [-0.2, 0) is 0 Å². The molecule has 0 amide bonds. The van der Waals surface area contributed by atoms with Crippen LogP contribution in [-0.4, -0.2) is 19.1 Å². The van der Waals surface area contributed by atoms with Gasteiger partial charge in [-0.25, -0.2) is 9.97 Å². The van der Waals surface area contributed by atoms with Gasteiger partial charge in [0.05, 0.1) is 27.8 Å². The second-order valence-corrected chi connectivity index (χ2v) is 16.2. The van der Waals surface area contributed by atoms with E-state index in [2.05, 4.69) is 191 Å². The van der Waals surface area contributed by atoms with E-state index in [1.807, 2.05) is 36.4 Å². The summed E-state index contributed by atoms with van der Waals surface area (Å²) >= 11 is 0. The van der Waals surface area contributed by atoms with Gasteiger partial charge >= 0.3 is 0 Å². The van der Waals surface area contributed by atoms with Crippen LogP contribution in [0.4, 0.5) is 0 Å². The second-order valence-electron chi connectivity index (χ2n) is 16.2. The van der Waals surface area contributed by atoms with E-state index in [1.165, 1.54) is 43.7 Å². The van der Waals surface area contributed by atoms with Gasteiger partial charge in [-0.1, -0.05) is 140 Å². The van der Waals surface area contributed by atoms with Gasteiger partial charge in [-0.15, -0.1) is 0 Å². The van der Waals surface area contributed by atoms with Crippen molar-refractivity contribution < 1.29 is 4.42 Å². The van der Waals surface area contributed by atoms with Crippen LogP contribution < -0.4 is 0 Å². The monoisotopic (exact) mass is 804 g/mol. The Balaban J connectivity index is 0.981. The van der Waals surface area contributed by atoms with Crippen LogP contribution in [0.3, 0.4) is 0 Å². The first kappa shape index (κ1) is 35.2. The molecule has 294 valence electrons. The Bertz CT molecular complexity index is 3890. The highest BCUT2D eigenvalue weighted by molar-refractivity contribution is 6.14. The molecule has 0 atom stereocenters. The molecule has 13 rings (SSSR count). The predicted octanol–water partition coefficient (Wildman–Crippen LogP) is 15.2. The highest BCUT2D eigenvalue weighted by Gasteiger charge is 2.20. The summed E-state index contributed by atoms with van der Waals surface area (Å²) in [7, 11) is 0. The predicted molar refractivity (Wildman–Crippen MR) is 260 cm³/mol. The van der Waals surface area contributed by atoms with Crippen LogP contribution in [0.15, 0.2) is 223 Å². The van der Waals surface area contributed by atoms with Gasteiger partial charge < -0.3 is 13.6 Å². The molecule has 4 heterocycles. The van der Waals surface area contributed by atoms with E-state index in [0.29, 0.717) is 5.71 Å². The van der Waals surface area contributed by atoms with Gasteiger partial charge in [-0.05, 0) is 101 Å². The molecular weight excluding hydrogens is 769 g/mol. The second kappa shape index (κ2) is 14.0. The van der Waals surface area contributed by atoms with Gasteiger partial charge in [0.1, 0.15) is 16.8 Å². The molecule has 0 aliphatic rings. The highest BCUT2D eigenvalue weighted by atomic mass is 16.3. The summed E-state index contributed by atoms with van der Waals surface area (Å²) in [5.74, 6) is 0. The molecule has 0 saturated carbocycles. The van der Waals surface area contributed by atoms with E-state index < -0.39 is 0 Å². The minimum Gasteiger partial charge on any atom is -0.436 e. The van der Waals surface area contributed by atoms with Gasteiger partial charge in [-0.2, -0.15) is 0 Å². The molecule has 13 aromatic rings. The first-order valence-electron chi connectivity index (χ1n) is 21.3. The molecule has 63 heavy (non-hydrogen) atoms. The lowest BCUT2D eigenvalue weighted by Gasteiger charge is -2.09. The zero-order valence-electron chi connectivity index (χ0n) is 34.0. The van der Waals surface area contributed by atoms with Crippen molar-refractivity contribution in [1.82, 2.24) is 19.1 Å². The van der Waals surface area contributed by atoms with Gasteiger partial charge in [0.2, 0.25) is 5.71 Å². The summed E-state index contributed by atoms with van der Waals surface area (Å²) < 4.78 is 11.2. The maximum atomic E-state index is 6.43. The molecule has 4 aromatic heterocycles. The Kier molecular flexibility index (Phi) is 7.84. The maximum Gasteiger partial charge on any atom is 0.246 e. The number of fused-ring (bicyclic) bond motifs is 9. The summed E-state index contributed by atoms with van der Waals surface area (Å²) in [4.78, 5) is 10.4. The lowest BCUT2D eigenvalue weighted by atomic mass is 9.98. The van der Waals surface area contributed by atoms with Crippen LogP contribution in [0, 0.1) is 0 Å². The molecule has 0 unspecified atom stereocenters. The summed E-state index contributed by atoms with van der Waals surface area (Å²) in [6.07, 6.45) is 0. The zero-order chi connectivity index (χ0) is 41.4. The summed E-state index contributed by atoms with van der Waals surface area (Å²) in [6.45, 7) is 0. The molecule has 9 aromatic carbocycles. The van der Waals surface area contributed by atoms with Gasteiger partial charge in [0.15, 0.2) is 0 Å². The molecule has 0 saturated heterocycles. The molecule has 0 bridgehead atoms. The third-order valence-electron chi connectivity index (χ3n) is 12.5. The Morgan fingerprint density at radius 2 is 0.698 bits per heavy atom. The molecule has 0 aliphatic carbocycles. The van der Waals surface area contributed by atoms with Crippen LogP contribution in [0.1, 0.15) is 0 Å². The molecule has 0 N–H and O–H groups in total. The quantitative estimate of drug-likeness (QED) is 0.168. The van der Waals surface area contributed by atoms with Crippen LogP contribution in [0.5, 0.6) is 0 Å². The lowest BCUT2D eigenvalue weighted by Crippen LogP contribution is -1.94. The topological polar surface area (TPSA) is 48.8 Å². The van der Waals surface area contributed by atoms with Crippen molar-refractivity contribution in [3.63, 3.8) is 0 Å². The fourth-order valence-corrected chi connectivity index (χ4v) is 9.59. The van der Waals surface area contributed by atoms with Crippen molar-refractivity contribution >= 4 is 65.8 Å². The SMILES string of the molecule is c1ccc(-c2nc3oc4ccc(-c5ccc6c(c5)c5cc(-c7ccc8c(c7)c7ccccc7n8-c7ccccc7)ccc5n6-c5ccccc5)cc4c3nc2-c2ccccc2)cc1. The lowest BCUT2D eigenvalue weighted by molar-refractivity contribution is 0.653. The summed E-state index contributed by atoms with van der Waals surface area (Å²) in [6, 6.07) is 77.6. The number of rotatable bonds is 6. The Morgan fingerprint density at radius 1 is 0.302 bits per heavy atom. The number of furan rings is 1. The van der Waals surface area contributed by atoms with Gasteiger partial charge in [0.25, 0.3) is 0 Å². The van der Waals surface area contributed by atoms with Crippen molar-refractivity contribution in [3.05, 3.63) is 218 Å². The van der Waals surface area contributed by atoms with Crippen molar-refractivity contribution in [2.75, 3.05) is 0 Å². The molecule has 5 nitrogen and oxygen atoms in total. The minimum absolute atomic E-state index is 0.525. The number of aromatic nitrogens is 4. The Hall–Kier alpha value is -8.54. The Labute approximate surface area is 362 Å². The number of para-hydroxylation sites is 3. The first-order valence-corrected chi connectivity index (χ1v) is 21.3. The average molecular weight is 805 g/mol. The largest absolute Gasteiger partial charge is 0.436 e. The number of hydrogen-bond donors (Lipinski definition) is 0. The third kappa shape index (κ3) is 5.64. The zero-order valence-corrected chi connectivity index (χ0v) is 34.0. The highest BCUT2D eigenvalue weighted by Crippen LogP contribution is 2.41. The van der Waals surface area contributed by atoms with Crippen molar-refractivity contribution in [2.24, 2.45) is 0 Å². The molecule has 5 heteroatoms. The van der Waals surface area contributed by atoms with Gasteiger partial charge in [0, 0.05) is 49.4 Å². The number of benzene rings is 9. The van der Waals surface area contributed by atoms with E-state index in [0.717, 1.165) is 72.5 Å². The summed E-state index contributed by atoms with van der Waals surface area (Å²) in [5, 5.41) is 5.79. The normalized spacial score (nSPS) is 11.8. The number of nitrogens with zero attached hydrogens (tertiary/aromatic N) is 4. The van der Waals surface area contributed by atoms with Crippen molar-refractivity contribution in [1.29, 1.82) is 0 Å². The molecule has 0 radical (unpaired) electrons. The van der Waals surface area contributed by atoms with Gasteiger partial charge in [-0.3, -0.25) is 0 Å². The third-order valence-corrected chi connectivity index (χ3v) is 12.5. The fraction of sp³-hybridized carbons (Fsp3) is 0.